The number of carbonyl (C=O) groups is 2. The summed E-state index contributed by atoms with van der Waals surface area (Å²) >= 11 is 0. The van der Waals surface area contributed by atoms with Crippen molar-refractivity contribution in [2.24, 2.45) is 11.8 Å². The Balaban J connectivity index is 0.000000980. The van der Waals surface area contributed by atoms with Crippen LogP contribution in [0.5, 0.6) is 0 Å². The van der Waals surface area contributed by atoms with Crippen molar-refractivity contribution >= 4 is 41.6 Å². The Morgan fingerprint density at radius 1 is 1.36 bits per heavy atom. The van der Waals surface area contributed by atoms with Gasteiger partial charge in [0.25, 0.3) is 0 Å². The Labute approximate surface area is 107 Å². The first kappa shape index (κ1) is 12.4. The number of rotatable bonds is 3. The van der Waals surface area contributed by atoms with Crippen LogP contribution in [0.4, 0.5) is 0 Å². The van der Waals surface area contributed by atoms with Gasteiger partial charge in [-0.15, -0.1) is 0 Å². The van der Waals surface area contributed by atoms with Gasteiger partial charge in [-0.25, -0.2) is 0 Å². The van der Waals surface area contributed by atoms with Crippen molar-refractivity contribution in [3.8, 4) is 0 Å². The van der Waals surface area contributed by atoms with E-state index in [4.69, 9.17) is 0 Å². The van der Waals surface area contributed by atoms with E-state index in [1.165, 1.54) is 0 Å². The fourth-order valence-corrected chi connectivity index (χ4v) is 2.56. The van der Waals surface area contributed by atoms with Gasteiger partial charge in [0.05, 0.1) is 6.42 Å². The third-order valence-corrected chi connectivity index (χ3v) is 3.35. The quantitative estimate of drug-likeness (QED) is 0.365. The average molecular weight is 205 g/mol. The minimum atomic E-state index is 0. The summed E-state index contributed by atoms with van der Waals surface area (Å²) in [5.41, 5.74) is 0. The van der Waals surface area contributed by atoms with Gasteiger partial charge in [0.1, 0.15) is 12.1 Å². The topological polar surface area (TPSA) is 37.4 Å². The Morgan fingerprint density at radius 3 is 2.43 bits per heavy atom. The number of ketones is 1. The van der Waals surface area contributed by atoms with Crippen molar-refractivity contribution in [3.63, 3.8) is 0 Å². The van der Waals surface area contributed by atoms with E-state index in [1.54, 1.807) is 0 Å². The minimum absolute atomic E-state index is 0. The predicted octanol–water partition coefficient (Wildman–Crippen LogP) is -0.162. The maximum atomic E-state index is 11.5. The van der Waals surface area contributed by atoms with Gasteiger partial charge in [-0.2, -0.15) is 0 Å². The molecule has 0 aliphatic carbocycles. The average Bonchev–Trinajstić information content (AvgIpc) is 2.20. The number of hydrogen-bond donors (Lipinski definition) is 0. The van der Waals surface area contributed by atoms with Crippen LogP contribution in [0.25, 0.3) is 0 Å². The van der Waals surface area contributed by atoms with Crippen molar-refractivity contribution < 1.29 is 9.59 Å². The number of nitrogens with zero attached hydrogens (tertiary/aromatic N) is 1. The number of carbonyl (C=O) groups excluding carboxylic acids is 2. The first-order chi connectivity index (χ1) is 6.31. The third-order valence-electron chi connectivity index (χ3n) is 3.35. The van der Waals surface area contributed by atoms with Gasteiger partial charge >= 0.3 is 29.6 Å². The molecule has 0 amide bonds. The molecule has 3 saturated heterocycles. The Morgan fingerprint density at radius 2 is 2.00 bits per heavy atom. The summed E-state index contributed by atoms with van der Waals surface area (Å²) in [6, 6.07) is 0. The molecule has 0 aromatic rings. The zero-order valence-electron chi connectivity index (χ0n) is 7.74. The molecule has 3 rings (SSSR count). The van der Waals surface area contributed by atoms with Crippen molar-refractivity contribution in [3.05, 3.63) is 0 Å². The SMILES string of the molecule is O=CCC(=O)C1CN2CCC1CC2.[NaH]. The number of hydrogen-bond acceptors (Lipinski definition) is 3. The van der Waals surface area contributed by atoms with E-state index in [2.05, 4.69) is 4.90 Å². The molecule has 3 heterocycles. The summed E-state index contributed by atoms with van der Waals surface area (Å²) in [7, 11) is 0. The molecule has 1 atom stereocenters. The third kappa shape index (κ3) is 2.45. The number of Topliss-reactive ketones (excluding diaryl/α,β-unsaturated/α-hetero) is 1. The summed E-state index contributed by atoms with van der Waals surface area (Å²) in [6.07, 6.45) is 3.15. The number of piperidine rings is 3. The van der Waals surface area contributed by atoms with E-state index in [0.717, 1.165) is 38.8 Å². The van der Waals surface area contributed by atoms with E-state index < -0.39 is 0 Å². The maximum absolute atomic E-state index is 11.5. The van der Waals surface area contributed by atoms with E-state index in [1.807, 2.05) is 0 Å². The van der Waals surface area contributed by atoms with Crippen LogP contribution in [-0.2, 0) is 9.59 Å². The first-order valence-electron chi connectivity index (χ1n) is 5.00. The molecule has 0 saturated carbocycles. The second-order valence-electron chi connectivity index (χ2n) is 4.08. The van der Waals surface area contributed by atoms with Gasteiger partial charge in [-0.1, -0.05) is 0 Å². The summed E-state index contributed by atoms with van der Waals surface area (Å²) in [4.78, 5) is 24.1. The fraction of sp³-hybridized carbons (Fsp3) is 0.800. The van der Waals surface area contributed by atoms with Crippen LogP contribution in [0.15, 0.2) is 0 Å². The van der Waals surface area contributed by atoms with Crippen LogP contribution < -0.4 is 0 Å². The number of aldehydes is 1. The van der Waals surface area contributed by atoms with Gasteiger partial charge in [0, 0.05) is 12.5 Å². The summed E-state index contributed by atoms with van der Waals surface area (Å²) in [6.45, 7) is 3.20. The molecule has 74 valence electrons. The van der Waals surface area contributed by atoms with Crippen LogP contribution in [0.3, 0.4) is 0 Å². The van der Waals surface area contributed by atoms with E-state index in [-0.39, 0.29) is 47.7 Å². The molecule has 0 N–H and O–H groups in total. The summed E-state index contributed by atoms with van der Waals surface area (Å²) in [5.74, 6) is 0.884. The van der Waals surface area contributed by atoms with Gasteiger partial charge in [-0.05, 0) is 31.8 Å². The molecule has 3 aliphatic rings. The van der Waals surface area contributed by atoms with E-state index in [0.29, 0.717) is 5.92 Å². The van der Waals surface area contributed by atoms with Crippen LogP contribution in [0.1, 0.15) is 19.3 Å². The monoisotopic (exact) mass is 205 g/mol. The first-order valence-corrected chi connectivity index (χ1v) is 5.00. The normalized spacial score (nSPS) is 34.7. The van der Waals surface area contributed by atoms with Gasteiger partial charge in [0.2, 0.25) is 0 Å². The molecule has 2 bridgehead atoms. The van der Waals surface area contributed by atoms with E-state index in [9.17, 15) is 9.59 Å². The van der Waals surface area contributed by atoms with E-state index >= 15 is 0 Å². The number of fused-ring (bicyclic) bond motifs is 3. The molecule has 4 heteroatoms. The van der Waals surface area contributed by atoms with Gasteiger partial charge in [0.15, 0.2) is 0 Å². The van der Waals surface area contributed by atoms with Crippen LogP contribution in [0.2, 0.25) is 0 Å². The molecular weight excluding hydrogens is 189 g/mol. The molecular formula is C10H16NNaO2. The summed E-state index contributed by atoms with van der Waals surface area (Å²) < 4.78 is 0. The van der Waals surface area contributed by atoms with Crippen molar-refractivity contribution in [2.75, 3.05) is 19.6 Å². The summed E-state index contributed by atoms with van der Waals surface area (Å²) in [5, 5.41) is 0. The molecule has 14 heavy (non-hydrogen) atoms. The Hall–Kier alpha value is 0.300. The Bertz CT molecular complexity index is 224. The second-order valence-corrected chi connectivity index (χ2v) is 4.08. The standard InChI is InChI=1S/C10H15NO2.Na.H/c12-6-3-10(13)9-7-11-4-1-8(9)2-5-11;;/h6,8-9H,1-5,7H2;;. The molecule has 0 radical (unpaired) electrons. The molecule has 0 spiro atoms. The molecule has 3 aliphatic heterocycles. The zero-order chi connectivity index (χ0) is 9.26. The van der Waals surface area contributed by atoms with Crippen molar-refractivity contribution in [1.29, 1.82) is 0 Å². The molecule has 1 unspecified atom stereocenters. The Kier molecular flexibility index (Phi) is 4.77. The molecule has 3 nitrogen and oxygen atoms in total. The second kappa shape index (κ2) is 5.40. The van der Waals surface area contributed by atoms with Crippen molar-refractivity contribution in [2.45, 2.75) is 19.3 Å². The van der Waals surface area contributed by atoms with Gasteiger partial charge in [-0.3, -0.25) is 4.79 Å². The predicted molar refractivity (Wildman–Crippen MR) is 55.5 cm³/mol. The molecule has 0 aromatic carbocycles. The van der Waals surface area contributed by atoms with Gasteiger partial charge < -0.3 is 9.69 Å². The molecule has 3 fully saturated rings. The molecule has 0 aromatic heterocycles. The van der Waals surface area contributed by atoms with Crippen LogP contribution in [-0.4, -0.2) is 66.2 Å². The van der Waals surface area contributed by atoms with Crippen LogP contribution >= 0.6 is 0 Å². The van der Waals surface area contributed by atoms with Crippen LogP contribution in [0, 0.1) is 11.8 Å². The zero-order valence-corrected chi connectivity index (χ0v) is 7.74. The van der Waals surface area contributed by atoms with Crippen molar-refractivity contribution in [1.82, 2.24) is 4.90 Å². The fourth-order valence-electron chi connectivity index (χ4n) is 2.56.